The number of benzene rings is 1. The molecule has 0 aromatic heterocycles. The van der Waals surface area contributed by atoms with Crippen molar-refractivity contribution in [3.8, 4) is 11.5 Å². The first-order valence-electron chi connectivity index (χ1n) is 6.39. The second-order valence-electron chi connectivity index (χ2n) is 4.92. The molecule has 100 valence electrons. The fraction of sp³-hybridized carbons (Fsp3) is 0.571. The molecule has 0 atom stereocenters. The molecule has 0 radical (unpaired) electrons. The Morgan fingerprint density at radius 1 is 1.44 bits per heavy atom. The summed E-state index contributed by atoms with van der Waals surface area (Å²) >= 11 is 3.53. The molecule has 0 unspecified atom stereocenters. The van der Waals surface area contributed by atoms with Gasteiger partial charge in [0.1, 0.15) is 0 Å². The van der Waals surface area contributed by atoms with Crippen LogP contribution in [0.15, 0.2) is 10.5 Å². The van der Waals surface area contributed by atoms with Gasteiger partial charge in [-0.2, -0.15) is 0 Å². The minimum atomic E-state index is 0.303. The van der Waals surface area contributed by atoms with Gasteiger partial charge in [-0.1, -0.05) is 15.9 Å². The summed E-state index contributed by atoms with van der Waals surface area (Å²) in [5, 5.41) is 13.6. The molecule has 2 N–H and O–H groups in total. The van der Waals surface area contributed by atoms with E-state index < -0.39 is 0 Å². The Balaban J connectivity index is 2.24. The first kappa shape index (κ1) is 13.7. The molecule has 1 heterocycles. The van der Waals surface area contributed by atoms with Gasteiger partial charge < -0.3 is 15.2 Å². The third-order valence-electron chi connectivity index (χ3n) is 3.69. The van der Waals surface area contributed by atoms with Crippen molar-refractivity contribution >= 4 is 15.9 Å². The smallest absolute Gasteiger partial charge is 0.164 e. The van der Waals surface area contributed by atoms with Gasteiger partial charge in [-0.15, -0.1) is 0 Å². The predicted octanol–water partition coefficient (Wildman–Crippen LogP) is 3.01. The lowest BCUT2D eigenvalue weighted by Crippen LogP contribution is -2.28. The number of methoxy groups -OCH3 is 1. The van der Waals surface area contributed by atoms with Crippen LogP contribution in [0.4, 0.5) is 0 Å². The summed E-state index contributed by atoms with van der Waals surface area (Å²) in [7, 11) is 1.60. The number of halogens is 1. The molecule has 4 heteroatoms. The molecule has 1 aliphatic heterocycles. The van der Waals surface area contributed by atoms with Crippen molar-refractivity contribution in [2.75, 3.05) is 20.2 Å². The second-order valence-corrected chi connectivity index (χ2v) is 5.78. The molecule has 0 amide bonds. The highest BCUT2D eigenvalue weighted by Gasteiger charge is 2.19. The molecule has 2 rings (SSSR count). The van der Waals surface area contributed by atoms with E-state index in [1.807, 2.05) is 13.0 Å². The maximum atomic E-state index is 10.3. The number of rotatable bonds is 3. The molecule has 1 fully saturated rings. The van der Waals surface area contributed by atoms with Crippen molar-refractivity contribution in [1.29, 1.82) is 0 Å². The third-order valence-corrected chi connectivity index (χ3v) is 4.51. The Morgan fingerprint density at radius 3 is 2.72 bits per heavy atom. The molecule has 3 nitrogen and oxygen atoms in total. The standard InChI is InChI=1S/C14H20BrNO2/c1-9-12(15)8-11(13(17)14(9)18-2)7-10-3-5-16-6-4-10/h8,10,16-17H,3-7H2,1-2H3. The zero-order valence-electron chi connectivity index (χ0n) is 10.9. The molecular formula is C14H20BrNO2. The number of ether oxygens (including phenoxy) is 1. The monoisotopic (exact) mass is 313 g/mol. The highest BCUT2D eigenvalue weighted by molar-refractivity contribution is 9.10. The van der Waals surface area contributed by atoms with Crippen LogP contribution in [0.1, 0.15) is 24.0 Å². The molecule has 0 spiro atoms. The molecule has 0 aliphatic carbocycles. The molecule has 1 saturated heterocycles. The maximum absolute atomic E-state index is 10.3. The van der Waals surface area contributed by atoms with E-state index in [2.05, 4.69) is 21.2 Å². The van der Waals surface area contributed by atoms with Gasteiger partial charge in [-0.05, 0) is 56.8 Å². The fourth-order valence-corrected chi connectivity index (χ4v) is 3.02. The average Bonchev–Trinajstić information content (AvgIpc) is 2.38. The zero-order valence-corrected chi connectivity index (χ0v) is 12.5. The van der Waals surface area contributed by atoms with Gasteiger partial charge in [-0.25, -0.2) is 0 Å². The summed E-state index contributed by atoms with van der Waals surface area (Å²) in [6.07, 6.45) is 3.27. The van der Waals surface area contributed by atoms with Crippen molar-refractivity contribution in [1.82, 2.24) is 5.32 Å². The quantitative estimate of drug-likeness (QED) is 0.901. The zero-order chi connectivity index (χ0) is 13.1. The van der Waals surface area contributed by atoms with Crippen LogP contribution in [0.5, 0.6) is 11.5 Å². The summed E-state index contributed by atoms with van der Waals surface area (Å²) < 4.78 is 6.30. The van der Waals surface area contributed by atoms with E-state index in [1.54, 1.807) is 7.11 Å². The van der Waals surface area contributed by atoms with E-state index in [1.165, 1.54) is 12.8 Å². The second kappa shape index (κ2) is 5.93. The van der Waals surface area contributed by atoms with Crippen LogP contribution in [-0.4, -0.2) is 25.3 Å². The van der Waals surface area contributed by atoms with Gasteiger partial charge in [0.2, 0.25) is 0 Å². The summed E-state index contributed by atoms with van der Waals surface area (Å²) in [6.45, 7) is 4.10. The Bertz CT molecular complexity index is 428. The lowest BCUT2D eigenvalue weighted by molar-refractivity contribution is 0.350. The highest BCUT2D eigenvalue weighted by atomic mass is 79.9. The van der Waals surface area contributed by atoms with Crippen LogP contribution in [0.2, 0.25) is 0 Å². The molecule has 0 saturated carbocycles. The summed E-state index contributed by atoms with van der Waals surface area (Å²) in [4.78, 5) is 0. The highest BCUT2D eigenvalue weighted by Crippen LogP contribution is 2.39. The van der Waals surface area contributed by atoms with E-state index in [-0.39, 0.29) is 0 Å². The van der Waals surface area contributed by atoms with Gasteiger partial charge >= 0.3 is 0 Å². The normalized spacial score (nSPS) is 16.8. The Morgan fingerprint density at radius 2 is 2.11 bits per heavy atom. The molecule has 18 heavy (non-hydrogen) atoms. The molecule has 1 aromatic rings. The SMILES string of the molecule is COc1c(C)c(Br)cc(CC2CCNCC2)c1O. The Labute approximate surface area is 117 Å². The van der Waals surface area contributed by atoms with Gasteiger partial charge in [0.15, 0.2) is 11.5 Å². The predicted molar refractivity (Wildman–Crippen MR) is 76.4 cm³/mol. The summed E-state index contributed by atoms with van der Waals surface area (Å²) in [5.41, 5.74) is 1.93. The number of piperidine rings is 1. The van der Waals surface area contributed by atoms with Crippen molar-refractivity contribution in [3.63, 3.8) is 0 Å². The van der Waals surface area contributed by atoms with E-state index >= 15 is 0 Å². The number of aromatic hydroxyl groups is 1. The lowest BCUT2D eigenvalue weighted by Gasteiger charge is -2.23. The van der Waals surface area contributed by atoms with Gasteiger partial charge in [0.25, 0.3) is 0 Å². The topological polar surface area (TPSA) is 41.5 Å². The van der Waals surface area contributed by atoms with Crippen molar-refractivity contribution < 1.29 is 9.84 Å². The van der Waals surface area contributed by atoms with Crippen LogP contribution < -0.4 is 10.1 Å². The van der Waals surface area contributed by atoms with Crippen LogP contribution in [0.3, 0.4) is 0 Å². The molecule has 0 bridgehead atoms. The average molecular weight is 314 g/mol. The molecular weight excluding hydrogens is 294 g/mol. The molecule has 1 aliphatic rings. The van der Waals surface area contributed by atoms with Gasteiger partial charge in [0, 0.05) is 10.0 Å². The first-order valence-corrected chi connectivity index (χ1v) is 7.18. The summed E-state index contributed by atoms with van der Waals surface area (Å²) in [6, 6.07) is 2.02. The van der Waals surface area contributed by atoms with Crippen LogP contribution in [0.25, 0.3) is 0 Å². The van der Waals surface area contributed by atoms with E-state index in [0.717, 1.165) is 35.1 Å². The first-order chi connectivity index (χ1) is 8.63. The lowest BCUT2D eigenvalue weighted by atomic mass is 9.90. The third kappa shape index (κ3) is 2.81. The number of nitrogens with one attached hydrogen (secondary N) is 1. The number of hydrogen-bond donors (Lipinski definition) is 2. The maximum Gasteiger partial charge on any atom is 0.164 e. The minimum Gasteiger partial charge on any atom is -0.504 e. The van der Waals surface area contributed by atoms with E-state index in [0.29, 0.717) is 17.4 Å². The van der Waals surface area contributed by atoms with E-state index in [9.17, 15) is 5.11 Å². The van der Waals surface area contributed by atoms with Gasteiger partial charge in [0.05, 0.1) is 7.11 Å². The number of hydrogen-bond acceptors (Lipinski definition) is 3. The van der Waals surface area contributed by atoms with Crippen LogP contribution >= 0.6 is 15.9 Å². The Hall–Kier alpha value is -0.740. The van der Waals surface area contributed by atoms with Crippen LogP contribution in [-0.2, 0) is 6.42 Å². The van der Waals surface area contributed by atoms with Crippen molar-refractivity contribution in [2.45, 2.75) is 26.2 Å². The van der Waals surface area contributed by atoms with Crippen molar-refractivity contribution in [3.05, 3.63) is 21.7 Å². The van der Waals surface area contributed by atoms with Crippen molar-refractivity contribution in [2.24, 2.45) is 5.92 Å². The van der Waals surface area contributed by atoms with Crippen LogP contribution in [0, 0.1) is 12.8 Å². The number of phenolic OH excluding ortho intramolecular Hbond substituents is 1. The minimum absolute atomic E-state index is 0.303. The fourth-order valence-electron chi connectivity index (χ4n) is 2.56. The van der Waals surface area contributed by atoms with E-state index in [4.69, 9.17) is 4.74 Å². The number of phenols is 1. The van der Waals surface area contributed by atoms with Gasteiger partial charge in [-0.3, -0.25) is 0 Å². The summed E-state index contributed by atoms with van der Waals surface area (Å²) in [5.74, 6) is 1.54. The largest absolute Gasteiger partial charge is 0.504 e. The molecule has 1 aromatic carbocycles. The Kier molecular flexibility index (Phi) is 4.51.